The fourth-order valence-corrected chi connectivity index (χ4v) is 3.41. The van der Waals surface area contributed by atoms with Gasteiger partial charge in [0.25, 0.3) is 5.91 Å². The van der Waals surface area contributed by atoms with Crippen molar-refractivity contribution in [2.45, 2.75) is 44.5 Å². The summed E-state index contributed by atoms with van der Waals surface area (Å²) in [5, 5.41) is 2.93. The Hall–Kier alpha value is -3.09. The molecule has 2 aromatic carbocycles. The summed E-state index contributed by atoms with van der Waals surface area (Å²) in [6.07, 6.45) is -0.232. The van der Waals surface area contributed by atoms with Crippen LogP contribution in [-0.2, 0) is 26.9 Å². The van der Waals surface area contributed by atoms with E-state index < -0.39 is 29.7 Å². The van der Waals surface area contributed by atoms with E-state index in [1.807, 2.05) is 24.3 Å². The number of ether oxygens (including phenoxy) is 1. The minimum absolute atomic E-state index is 0.119. The van der Waals surface area contributed by atoms with E-state index in [1.54, 1.807) is 0 Å². The lowest BCUT2D eigenvalue weighted by molar-refractivity contribution is -0.150. The van der Waals surface area contributed by atoms with E-state index >= 15 is 0 Å². The summed E-state index contributed by atoms with van der Waals surface area (Å²) in [5.41, 5.74) is 1.93. The van der Waals surface area contributed by atoms with Crippen LogP contribution in [0.3, 0.4) is 0 Å². The molecule has 0 saturated carbocycles. The molecular formula is C23H22F3NO3. The van der Waals surface area contributed by atoms with E-state index in [9.17, 15) is 22.8 Å². The Labute approximate surface area is 172 Å². The molecule has 0 fully saturated rings. The number of aryl methyl sites for hydroxylation is 1. The quantitative estimate of drug-likeness (QED) is 0.559. The number of halogens is 3. The number of carbonyl (C=O) groups excluding carboxylic acids is 2. The van der Waals surface area contributed by atoms with Crippen molar-refractivity contribution in [3.05, 3.63) is 76.9 Å². The van der Waals surface area contributed by atoms with E-state index in [-0.39, 0.29) is 6.04 Å². The molecule has 3 rings (SSSR count). The third kappa shape index (κ3) is 5.49. The third-order valence-electron chi connectivity index (χ3n) is 5.00. The first kappa shape index (κ1) is 21.6. The van der Waals surface area contributed by atoms with Crippen molar-refractivity contribution in [1.82, 2.24) is 5.32 Å². The maximum Gasteiger partial charge on any atom is 0.416 e. The van der Waals surface area contributed by atoms with E-state index in [4.69, 9.17) is 4.74 Å². The minimum atomic E-state index is -4.41. The summed E-state index contributed by atoms with van der Waals surface area (Å²) in [6.45, 7) is 1.48. The number of rotatable bonds is 5. The SMILES string of the molecule is C[C@@H](OC(=O)/C=C/c1ccc(C(F)(F)F)cc1)C(=O)N[C@@H]1CCCc2ccccc21. The highest BCUT2D eigenvalue weighted by Crippen LogP contribution is 2.30. The van der Waals surface area contributed by atoms with Gasteiger partial charge in [0.2, 0.25) is 0 Å². The molecule has 1 aliphatic carbocycles. The number of benzene rings is 2. The molecule has 0 bridgehead atoms. The van der Waals surface area contributed by atoms with Gasteiger partial charge in [-0.25, -0.2) is 4.79 Å². The Morgan fingerprint density at radius 3 is 2.53 bits per heavy atom. The standard InChI is InChI=1S/C23H22F3NO3/c1-15(22(29)27-20-8-4-6-17-5-2-3-7-19(17)20)30-21(28)14-11-16-9-12-18(13-10-16)23(24,25)26/h2-3,5,7,9-15,20H,4,6,8H2,1H3,(H,27,29)/b14-11+/t15-,20-/m1/s1. The molecule has 4 nitrogen and oxygen atoms in total. The maximum atomic E-state index is 12.6. The van der Waals surface area contributed by atoms with Crippen LogP contribution in [0.5, 0.6) is 0 Å². The molecule has 30 heavy (non-hydrogen) atoms. The molecule has 158 valence electrons. The van der Waals surface area contributed by atoms with E-state index in [0.717, 1.165) is 43.0 Å². The Balaban J connectivity index is 1.54. The van der Waals surface area contributed by atoms with E-state index in [2.05, 4.69) is 5.32 Å². The molecule has 1 aliphatic rings. The average molecular weight is 417 g/mol. The molecule has 0 saturated heterocycles. The highest BCUT2D eigenvalue weighted by atomic mass is 19.4. The van der Waals surface area contributed by atoms with Crippen molar-refractivity contribution in [3.63, 3.8) is 0 Å². The van der Waals surface area contributed by atoms with Crippen LogP contribution >= 0.6 is 0 Å². The van der Waals surface area contributed by atoms with Crippen molar-refractivity contribution >= 4 is 18.0 Å². The van der Waals surface area contributed by atoms with Crippen LogP contribution in [0.25, 0.3) is 6.08 Å². The van der Waals surface area contributed by atoms with Crippen LogP contribution in [0, 0.1) is 0 Å². The fraction of sp³-hybridized carbons (Fsp3) is 0.304. The van der Waals surface area contributed by atoms with Crippen LogP contribution < -0.4 is 5.32 Å². The van der Waals surface area contributed by atoms with Crippen LogP contribution in [0.15, 0.2) is 54.6 Å². The summed E-state index contributed by atoms with van der Waals surface area (Å²) in [6, 6.07) is 12.2. The number of hydrogen-bond acceptors (Lipinski definition) is 3. The average Bonchev–Trinajstić information content (AvgIpc) is 2.72. The summed E-state index contributed by atoms with van der Waals surface area (Å²) < 4.78 is 42.8. The molecular weight excluding hydrogens is 395 g/mol. The lowest BCUT2D eigenvalue weighted by atomic mass is 9.87. The zero-order chi connectivity index (χ0) is 21.7. The Morgan fingerprint density at radius 2 is 1.83 bits per heavy atom. The first-order valence-corrected chi connectivity index (χ1v) is 9.68. The van der Waals surface area contributed by atoms with Gasteiger partial charge in [-0.2, -0.15) is 13.2 Å². The van der Waals surface area contributed by atoms with Gasteiger partial charge < -0.3 is 10.1 Å². The molecule has 0 radical (unpaired) electrons. The normalized spacial score (nSPS) is 17.3. The number of nitrogens with one attached hydrogen (secondary N) is 1. The van der Waals surface area contributed by atoms with Crippen LogP contribution in [-0.4, -0.2) is 18.0 Å². The lowest BCUT2D eigenvalue weighted by Gasteiger charge is -2.27. The molecule has 0 aliphatic heterocycles. The van der Waals surface area contributed by atoms with Gasteiger partial charge in [-0.1, -0.05) is 36.4 Å². The Morgan fingerprint density at radius 1 is 1.13 bits per heavy atom. The number of alkyl halides is 3. The topological polar surface area (TPSA) is 55.4 Å². The van der Waals surface area contributed by atoms with Crippen molar-refractivity contribution in [2.24, 2.45) is 0 Å². The van der Waals surface area contributed by atoms with Crippen LogP contribution in [0.1, 0.15) is 48.1 Å². The summed E-state index contributed by atoms with van der Waals surface area (Å²) in [5.74, 6) is -1.14. The molecule has 2 atom stereocenters. The highest BCUT2D eigenvalue weighted by molar-refractivity contribution is 5.90. The monoisotopic (exact) mass is 417 g/mol. The predicted octanol–water partition coefficient (Wildman–Crippen LogP) is 4.84. The first-order chi connectivity index (χ1) is 14.2. The van der Waals surface area contributed by atoms with Crippen molar-refractivity contribution in [1.29, 1.82) is 0 Å². The summed E-state index contributed by atoms with van der Waals surface area (Å²) in [4.78, 5) is 24.4. The van der Waals surface area contributed by atoms with Gasteiger partial charge in [-0.15, -0.1) is 0 Å². The molecule has 0 aromatic heterocycles. The van der Waals surface area contributed by atoms with Gasteiger partial charge in [-0.05, 0) is 61.1 Å². The zero-order valence-electron chi connectivity index (χ0n) is 16.4. The molecule has 2 aromatic rings. The second kappa shape index (κ2) is 9.15. The van der Waals surface area contributed by atoms with Gasteiger partial charge in [0.15, 0.2) is 6.10 Å². The lowest BCUT2D eigenvalue weighted by Crippen LogP contribution is -2.39. The Bertz CT molecular complexity index is 935. The van der Waals surface area contributed by atoms with Crippen LogP contribution in [0.4, 0.5) is 13.2 Å². The second-order valence-electron chi connectivity index (χ2n) is 7.18. The third-order valence-corrected chi connectivity index (χ3v) is 5.00. The molecule has 0 spiro atoms. The van der Waals surface area contributed by atoms with E-state index in [0.29, 0.717) is 5.56 Å². The van der Waals surface area contributed by atoms with Crippen LogP contribution in [0.2, 0.25) is 0 Å². The second-order valence-corrected chi connectivity index (χ2v) is 7.18. The van der Waals surface area contributed by atoms with Crippen molar-refractivity contribution in [2.75, 3.05) is 0 Å². The highest BCUT2D eigenvalue weighted by Gasteiger charge is 2.30. The molecule has 1 amide bonds. The summed E-state index contributed by atoms with van der Waals surface area (Å²) in [7, 11) is 0. The molecule has 1 N–H and O–H groups in total. The van der Waals surface area contributed by atoms with Gasteiger partial charge in [-0.3, -0.25) is 4.79 Å². The predicted molar refractivity (Wildman–Crippen MR) is 106 cm³/mol. The molecule has 0 heterocycles. The number of esters is 1. The summed E-state index contributed by atoms with van der Waals surface area (Å²) >= 11 is 0. The van der Waals surface area contributed by atoms with Gasteiger partial charge >= 0.3 is 12.1 Å². The molecule has 7 heteroatoms. The fourth-order valence-electron chi connectivity index (χ4n) is 3.41. The number of amides is 1. The van der Waals surface area contributed by atoms with E-state index in [1.165, 1.54) is 30.7 Å². The number of fused-ring (bicyclic) bond motifs is 1. The van der Waals surface area contributed by atoms with Gasteiger partial charge in [0, 0.05) is 6.08 Å². The first-order valence-electron chi connectivity index (χ1n) is 9.68. The number of carbonyl (C=O) groups is 2. The Kier molecular flexibility index (Phi) is 6.59. The minimum Gasteiger partial charge on any atom is -0.449 e. The maximum absolute atomic E-state index is 12.6. The van der Waals surface area contributed by atoms with Gasteiger partial charge in [0.1, 0.15) is 0 Å². The van der Waals surface area contributed by atoms with Crippen molar-refractivity contribution in [3.8, 4) is 0 Å². The smallest absolute Gasteiger partial charge is 0.416 e. The van der Waals surface area contributed by atoms with Gasteiger partial charge in [0.05, 0.1) is 11.6 Å². The van der Waals surface area contributed by atoms with Crippen molar-refractivity contribution < 1.29 is 27.5 Å². The largest absolute Gasteiger partial charge is 0.449 e. The zero-order valence-corrected chi connectivity index (χ0v) is 16.4. The molecule has 0 unspecified atom stereocenters. The number of hydrogen-bond donors (Lipinski definition) is 1.